The normalized spacial score (nSPS) is 19.2. The first-order valence-electron chi connectivity index (χ1n) is 9.46. The van der Waals surface area contributed by atoms with E-state index in [2.05, 4.69) is 0 Å². The molecule has 1 amide bonds. The fraction of sp³-hybridized carbons (Fsp3) is 0.333. The van der Waals surface area contributed by atoms with E-state index in [-0.39, 0.29) is 29.4 Å². The van der Waals surface area contributed by atoms with Gasteiger partial charge < -0.3 is 4.74 Å². The highest BCUT2D eigenvalue weighted by Crippen LogP contribution is 2.42. The quantitative estimate of drug-likeness (QED) is 0.699. The zero-order valence-corrected chi connectivity index (χ0v) is 16.5. The Morgan fingerprint density at radius 3 is 2.38 bits per heavy atom. The highest BCUT2D eigenvalue weighted by Gasteiger charge is 2.45. The summed E-state index contributed by atoms with van der Waals surface area (Å²) in [6.07, 6.45) is 2.87. The van der Waals surface area contributed by atoms with E-state index in [9.17, 15) is 22.4 Å². The maximum atomic E-state index is 13.3. The average Bonchev–Trinajstić information content (AvgIpc) is 3.28. The second-order valence-corrected chi connectivity index (χ2v) is 9.14. The van der Waals surface area contributed by atoms with E-state index < -0.39 is 27.3 Å². The van der Waals surface area contributed by atoms with Crippen LogP contribution in [0.4, 0.5) is 4.39 Å². The van der Waals surface area contributed by atoms with E-state index in [1.54, 1.807) is 24.3 Å². The van der Waals surface area contributed by atoms with Gasteiger partial charge in [0, 0.05) is 0 Å². The van der Waals surface area contributed by atoms with Crippen LogP contribution in [0.15, 0.2) is 53.4 Å². The van der Waals surface area contributed by atoms with Crippen LogP contribution in [0.1, 0.15) is 41.6 Å². The molecule has 8 heteroatoms. The van der Waals surface area contributed by atoms with Crippen LogP contribution in [0, 0.1) is 5.82 Å². The molecule has 0 spiro atoms. The number of carbonyl (C=O) groups is 2. The molecule has 152 valence electrons. The molecule has 1 fully saturated rings. The summed E-state index contributed by atoms with van der Waals surface area (Å²) in [7, 11) is -3.93. The van der Waals surface area contributed by atoms with Gasteiger partial charge in [-0.25, -0.2) is 17.1 Å². The zero-order chi connectivity index (χ0) is 20.6. The molecular weight excluding hydrogens is 397 g/mol. The van der Waals surface area contributed by atoms with Gasteiger partial charge in [0.15, 0.2) is 0 Å². The van der Waals surface area contributed by atoms with Gasteiger partial charge in [-0.3, -0.25) is 9.59 Å². The highest BCUT2D eigenvalue weighted by atomic mass is 32.2. The summed E-state index contributed by atoms with van der Waals surface area (Å²) in [5, 5.41) is 0. The first-order valence-corrected chi connectivity index (χ1v) is 10.9. The fourth-order valence-corrected chi connectivity index (χ4v) is 5.72. The first kappa shape index (κ1) is 19.6. The minimum Gasteiger partial charge on any atom is -0.463 e. The lowest BCUT2D eigenvalue weighted by atomic mass is 9.79. The van der Waals surface area contributed by atoms with Gasteiger partial charge >= 0.3 is 5.97 Å². The Bertz CT molecular complexity index is 1060. The molecule has 2 aliphatic rings. The molecule has 1 heterocycles. The first-order chi connectivity index (χ1) is 13.9. The Morgan fingerprint density at radius 1 is 1.07 bits per heavy atom. The van der Waals surface area contributed by atoms with E-state index in [0.29, 0.717) is 18.4 Å². The molecule has 0 N–H and O–H groups in total. The fourth-order valence-electron chi connectivity index (χ4n) is 4.17. The van der Waals surface area contributed by atoms with E-state index in [4.69, 9.17) is 4.74 Å². The molecule has 1 saturated carbocycles. The third-order valence-electron chi connectivity index (χ3n) is 5.68. The standard InChI is InChI=1S/C21H20FNO5S/c22-16-9-7-15(8-10-16)21(11-3-4-12-21)20(25)28-14-13-23-19(24)17-5-1-2-6-18(17)29(23,26)27/h1-2,5-10H,3-4,11-14H2. The Hall–Kier alpha value is -2.74. The van der Waals surface area contributed by atoms with Crippen LogP contribution in [0.3, 0.4) is 0 Å². The molecule has 1 aliphatic heterocycles. The smallest absolute Gasteiger partial charge is 0.316 e. The zero-order valence-electron chi connectivity index (χ0n) is 15.6. The lowest BCUT2D eigenvalue weighted by molar-refractivity contribution is -0.150. The van der Waals surface area contributed by atoms with E-state index in [1.807, 2.05) is 0 Å². The van der Waals surface area contributed by atoms with Gasteiger partial charge in [0.1, 0.15) is 17.3 Å². The molecule has 6 nitrogen and oxygen atoms in total. The summed E-state index contributed by atoms with van der Waals surface area (Å²) in [5.74, 6) is -1.47. The van der Waals surface area contributed by atoms with Crippen molar-refractivity contribution in [1.82, 2.24) is 4.31 Å². The van der Waals surface area contributed by atoms with Crippen molar-refractivity contribution in [3.05, 3.63) is 65.5 Å². The van der Waals surface area contributed by atoms with Gasteiger partial charge in [0.05, 0.1) is 17.5 Å². The number of carbonyl (C=O) groups excluding carboxylic acids is 2. The molecule has 2 aromatic carbocycles. The van der Waals surface area contributed by atoms with Crippen molar-refractivity contribution < 1.29 is 27.1 Å². The number of ether oxygens (including phenoxy) is 1. The van der Waals surface area contributed by atoms with Crippen LogP contribution < -0.4 is 0 Å². The molecule has 29 heavy (non-hydrogen) atoms. The number of benzene rings is 2. The number of hydrogen-bond donors (Lipinski definition) is 0. The topological polar surface area (TPSA) is 80.8 Å². The molecular formula is C21H20FNO5S. The van der Waals surface area contributed by atoms with Crippen molar-refractivity contribution in [2.75, 3.05) is 13.2 Å². The summed E-state index contributed by atoms with van der Waals surface area (Å²) in [6.45, 7) is -0.484. The molecule has 0 saturated heterocycles. The summed E-state index contributed by atoms with van der Waals surface area (Å²) < 4.78 is 44.6. The van der Waals surface area contributed by atoms with Crippen LogP contribution in [-0.4, -0.2) is 37.8 Å². The van der Waals surface area contributed by atoms with Crippen LogP contribution in [0.5, 0.6) is 0 Å². The number of amides is 1. The van der Waals surface area contributed by atoms with Gasteiger partial charge in [0.25, 0.3) is 15.9 Å². The molecule has 2 aromatic rings. The van der Waals surface area contributed by atoms with Crippen LogP contribution >= 0.6 is 0 Å². The Morgan fingerprint density at radius 2 is 1.72 bits per heavy atom. The number of esters is 1. The Kier molecular flexibility index (Phi) is 4.90. The number of nitrogens with zero attached hydrogens (tertiary/aromatic N) is 1. The number of rotatable bonds is 5. The van der Waals surface area contributed by atoms with Crippen LogP contribution in [0.25, 0.3) is 0 Å². The SMILES string of the molecule is O=C1c2ccccc2S(=O)(=O)N1CCOC(=O)C1(c2ccc(F)cc2)CCCC1. The third kappa shape index (κ3) is 3.21. The third-order valence-corrected chi connectivity index (χ3v) is 7.52. The van der Waals surface area contributed by atoms with Gasteiger partial charge in [0.2, 0.25) is 0 Å². The highest BCUT2D eigenvalue weighted by molar-refractivity contribution is 7.90. The summed E-state index contributed by atoms with van der Waals surface area (Å²) in [5.41, 5.74) is -0.0408. The van der Waals surface area contributed by atoms with Gasteiger partial charge in [-0.2, -0.15) is 0 Å². The minimum atomic E-state index is -3.93. The largest absolute Gasteiger partial charge is 0.463 e. The summed E-state index contributed by atoms with van der Waals surface area (Å²) >= 11 is 0. The lowest BCUT2D eigenvalue weighted by Gasteiger charge is -2.27. The number of fused-ring (bicyclic) bond motifs is 1. The number of hydrogen-bond acceptors (Lipinski definition) is 5. The van der Waals surface area contributed by atoms with Crippen molar-refractivity contribution in [1.29, 1.82) is 0 Å². The molecule has 0 aromatic heterocycles. The van der Waals surface area contributed by atoms with Crippen molar-refractivity contribution in [3.63, 3.8) is 0 Å². The van der Waals surface area contributed by atoms with E-state index >= 15 is 0 Å². The molecule has 0 unspecified atom stereocenters. The Balaban J connectivity index is 1.47. The van der Waals surface area contributed by atoms with Crippen molar-refractivity contribution >= 4 is 21.9 Å². The molecule has 1 aliphatic carbocycles. The lowest BCUT2D eigenvalue weighted by Crippen LogP contribution is -2.38. The second kappa shape index (κ2) is 7.26. The van der Waals surface area contributed by atoms with Gasteiger partial charge in [-0.1, -0.05) is 37.1 Å². The van der Waals surface area contributed by atoms with E-state index in [1.165, 1.54) is 24.3 Å². The number of sulfonamides is 1. The van der Waals surface area contributed by atoms with Crippen LogP contribution in [0.2, 0.25) is 0 Å². The second-order valence-electron chi connectivity index (χ2n) is 7.31. The maximum absolute atomic E-state index is 13.3. The molecule has 0 atom stereocenters. The van der Waals surface area contributed by atoms with Crippen molar-refractivity contribution in [3.8, 4) is 0 Å². The van der Waals surface area contributed by atoms with E-state index in [0.717, 1.165) is 17.1 Å². The van der Waals surface area contributed by atoms with Crippen LogP contribution in [-0.2, 0) is 25.0 Å². The molecule has 4 rings (SSSR count). The average molecular weight is 417 g/mol. The maximum Gasteiger partial charge on any atom is 0.316 e. The minimum absolute atomic E-state index is 0.0325. The summed E-state index contributed by atoms with van der Waals surface area (Å²) in [4.78, 5) is 25.3. The van der Waals surface area contributed by atoms with Crippen molar-refractivity contribution in [2.45, 2.75) is 36.0 Å². The predicted molar refractivity (Wildman–Crippen MR) is 102 cm³/mol. The number of halogens is 1. The monoisotopic (exact) mass is 417 g/mol. The predicted octanol–water partition coefficient (Wildman–Crippen LogP) is 3.03. The Labute approximate surface area is 168 Å². The molecule has 0 bridgehead atoms. The van der Waals surface area contributed by atoms with Crippen molar-refractivity contribution in [2.24, 2.45) is 0 Å². The summed E-state index contributed by atoms with van der Waals surface area (Å²) in [6, 6.07) is 11.8. The van der Waals surface area contributed by atoms with Gasteiger partial charge in [-0.15, -0.1) is 0 Å². The van der Waals surface area contributed by atoms with Gasteiger partial charge in [-0.05, 0) is 42.7 Å². The molecule has 0 radical (unpaired) electrons.